The van der Waals surface area contributed by atoms with Crippen molar-refractivity contribution in [1.82, 2.24) is 0 Å². The van der Waals surface area contributed by atoms with Gasteiger partial charge in [0.1, 0.15) is 0 Å². The summed E-state index contributed by atoms with van der Waals surface area (Å²) in [6.07, 6.45) is 1.70. The fraction of sp³-hybridized carbons (Fsp3) is 0. The van der Waals surface area contributed by atoms with Gasteiger partial charge in [-0.1, -0.05) is 12.1 Å². The van der Waals surface area contributed by atoms with E-state index in [-0.39, 0.29) is 5.69 Å². The first-order valence-electron chi connectivity index (χ1n) is 5.20. The first kappa shape index (κ1) is 12.7. The summed E-state index contributed by atoms with van der Waals surface area (Å²) in [5.41, 5.74) is 1.80. The van der Waals surface area contributed by atoms with Crippen LogP contribution in [0, 0.1) is 13.7 Å². The van der Waals surface area contributed by atoms with Crippen molar-refractivity contribution < 1.29 is 4.92 Å². The van der Waals surface area contributed by atoms with Crippen molar-refractivity contribution in [3.8, 4) is 0 Å². The molecule has 4 nitrogen and oxygen atoms in total. The number of nitro groups is 1. The summed E-state index contributed by atoms with van der Waals surface area (Å²) >= 11 is 2.21. The Balaban J connectivity index is 2.19. The number of nitrogens with zero attached hydrogens (tertiary/aromatic N) is 2. The Bertz CT molecular complexity index is 594. The molecular formula is C13H9IN2O2. The molecule has 0 aliphatic rings. The predicted octanol–water partition coefficient (Wildman–Crippen LogP) is 3.95. The van der Waals surface area contributed by atoms with E-state index >= 15 is 0 Å². The molecule has 0 aliphatic carbocycles. The van der Waals surface area contributed by atoms with Crippen molar-refractivity contribution in [1.29, 1.82) is 0 Å². The minimum Gasteiger partial charge on any atom is -0.258 e. The van der Waals surface area contributed by atoms with Crippen molar-refractivity contribution in [2.24, 2.45) is 4.99 Å². The lowest BCUT2D eigenvalue weighted by atomic mass is 10.2. The van der Waals surface area contributed by atoms with Gasteiger partial charge in [0.05, 0.1) is 10.6 Å². The maximum absolute atomic E-state index is 10.5. The van der Waals surface area contributed by atoms with Crippen LogP contribution in [-0.2, 0) is 0 Å². The molecule has 2 aromatic rings. The van der Waals surface area contributed by atoms with Crippen LogP contribution < -0.4 is 0 Å². The summed E-state index contributed by atoms with van der Waals surface area (Å²) in [5, 5.41) is 10.5. The van der Waals surface area contributed by atoms with E-state index < -0.39 is 4.92 Å². The fourth-order valence-corrected chi connectivity index (χ4v) is 1.91. The molecule has 0 saturated heterocycles. The Hall–Kier alpha value is -1.76. The Labute approximate surface area is 118 Å². The van der Waals surface area contributed by atoms with Crippen LogP contribution in [0.25, 0.3) is 0 Å². The lowest BCUT2D eigenvalue weighted by Gasteiger charge is -1.97. The molecule has 0 atom stereocenters. The highest BCUT2D eigenvalue weighted by Crippen LogP contribution is 2.20. The Kier molecular flexibility index (Phi) is 4.03. The molecule has 0 spiro atoms. The summed E-state index contributed by atoms with van der Waals surface area (Å²) in [4.78, 5) is 14.4. The average molecular weight is 352 g/mol. The number of hydrogen-bond acceptors (Lipinski definition) is 3. The van der Waals surface area contributed by atoms with E-state index in [0.29, 0.717) is 0 Å². The molecule has 0 unspecified atom stereocenters. The zero-order chi connectivity index (χ0) is 13.0. The second-order valence-corrected chi connectivity index (χ2v) is 4.72. The maximum atomic E-state index is 10.5. The standard InChI is InChI=1S/C13H9IN2O2/c14-12-3-1-2-4-13(12)15-9-10-5-7-11(8-6-10)16(17)18/h1-9H. The zero-order valence-corrected chi connectivity index (χ0v) is 11.4. The van der Waals surface area contributed by atoms with Gasteiger partial charge >= 0.3 is 0 Å². The molecule has 0 radical (unpaired) electrons. The molecule has 18 heavy (non-hydrogen) atoms. The van der Waals surface area contributed by atoms with Gasteiger partial charge in [-0.05, 0) is 52.4 Å². The number of benzene rings is 2. The summed E-state index contributed by atoms with van der Waals surface area (Å²) in [6, 6.07) is 14.1. The third-order valence-corrected chi connectivity index (χ3v) is 3.22. The molecule has 0 heterocycles. The van der Waals surface area contributed by atoms with Gasteiger partial charge in [-0.3, -0.25) is 15.1 Å². The smallest absolute Gasteiger partial charge is 0.258 e. The van der Waals surface area contributed by atoms with Gasteiger partial charge in [-0.25, -0.2) is 0 Å². The molecule has 0 amide bonds. The van der Waals surface area contributed by atoms with Crippen LogP contribution in [0.4, 0.5) is 11.4 Å². The summed E-state index contributed by atoms with van der Waals surface area (Å²) in [5.74, 6) is 0. The number of rotatable bonds is 3. The van der Waals surface area contributed by atoms with E-state index in [1.807, 2.05) is 24.3 Å². The summed E-state index contributed by atoms with van der Waals surface area (Å²) < 4.78 is 1.06. The van der Waals surface area contributed by atoms with Crippen LogP contribution in [0.15, 0.2) is 53.5 Å². The number of nitro benzene ring substituents is 1. The number of para-hydroxylation sites is 1. The monoisotopic (exact) mass is 352 g/mol. The van der Waals surface area contributed by atoms with Gasteiger partial charge in [0.2, 0.25) is 0 Å². The maximum Gasteiger partial charge on any atom is 0.269 e. The van der Waals surface area contributed by atoms with Crippen LogP contribution in [0.3, 0.4) is 0 Å². The second-order valence-electron chi connectivity index (χ2n) is 3.56. The molecule has 2 rings (SSSR count). The Morgan fingerprint density at radius 2 is 1.78 bits per heavy atom. The first-order valence-corrected chi connectivity index (χ1v) is 6.28. The molecule has 0 bridgehead atoms. The van der Waals surface area contributed by atoms with Crippen LogP contribution in [0.5, 0.6) is 0 Å². The van der Waals surface area contributed by atoms with Crippen LogP contribution in [0.2, 0.25) is 0 Å². The highest BCUT2D eigenvalue weighted by atomic mass is 127. The van der Waals surface area contributed by atoms with Gasteiger partial charge in [-0.2, -0.15) is 0 Å². The minimum atomic E-state index is -0.416. The lowest BCUT2D eigenvalue weighted by Crippen LogP contribution is -1.88. The normalized spacial score (nSPS) is 10.7. The lowest BCUT2D eigenvalue weighted by molar-refractivity contribution is -0.384. The molecule has 2 aromatic carbocycles. The van der Waals surface area contributed by atoms with E-state index in [1.54, 1.807) is 18.3 Å². The summed E-state index contributed by atoms with van der Waals surface area (Å²) in [7, 11) is 0. The second kappa shape index (κ2) is 5.72. The third-order valence-electron chi connectivity index (χ3n) is 2.31. The quantitative estimate of drug-likeness (QED) is 0.364. The predicted molar refractivity (Wildman–Crippen MR) is 79.5 cm³/mol. The molecule has 0 aliphatic heterocycles. The summed E-state index contributed by atoms with van der Waals surface area (Å²) in [6.45, 7) is 0. The van der Waals surface area contributed by atoms with Crippen LogP contribution in [0.1, 0.15) is 5.56 Å². The minimum absolute atomic E-state index is 0.0847. The van der Waals surface area contributed by atoms with E-state index in [2.05, 4.69) is 27.6 Å². The van der Waals surface area contributed by atoms with Crippen LogP contribution >= 0.6 is 22.6 Å². The zero-order valence-electron chi connectivity index (χ0n) is 9.29. The van der Waals surface area contributed by atoms with Crippen molar-refractivity contribution >= 4 is 40.2 Å². The number of hydrogen-bond donors (Lipinski definition) is 0. The van der Waals surface area contributed by atoms with Gasteiger partial charge < -0.3 is 0 Å². The SMILES string of the molecule is O=[N+]([O-])c1ccc(C=Nc2ccccc2I)cc1. The van der Waals surface area contributed by atoms with Gasteiger partial charge in [0.25, 0.3) is 5.69 Å². The Morgan fingerprint density at radius 3 is 2.39 bits per heavy atom. The van der Waals surface area contributed by atoms with E-state index in [4.69, 9.17) is 0 Å². The van der Waals surface area contributed by atoms with Crippen molar-refractivity contribution in [2.75, 3.05) is 0 Å². The third kappa shape index (κ3) is 3.13. The Morgan fingerprint density at radius 1 is 1.11 bits per heavy atom. The largest absolute Gasteiger partial charge is 0.269 e. The molecule has 0 saturated carbocycles. The van der Waals surface area contributed by atoms with Crippen molar-refractivity contribution in [3.05, 3.63) is 67.8 Å². The molecule has 0 N–H and O–H groups in total. The van der Waals surface area contributed by atoms with E-state index in [9.17, 15) is 10.1 Å². The van der Waals surface area contributed by atoms with Crippen LogP contribution in [-0.4, -0.2) is 11.1 Å². The number of non-ortho nitro benzene ring substituents is 1. The van der Waals surface area contributed by atoms with E-state index in [1.165, 1.54) is 12.1 Å². The number of aliphatic imine (C=N–C) groups is 1. The topological polar surface area (TPSA) is 55.5 Å². The molecule has 90 valence electrons. The average Bonchev–Trinajstić information content (AvgIpc) is 2.38. The molecule has 0 aromatic heterocycles. The molecule has 0 fully saturated rings. The first-order chi connectivity index (χ1) is 8.66. The van der Waals surface area contributed by atoms with Gasteiger partial charge in [-0.15, -0.1) is 0 Å². The molecule has 5 heteroatoms. The van der Waals surface area contributed by atoms with Crippen molar-refractivity contribution in [2.45, 2.75) is 0 Å². The van der Waals surface area contributed by atoms with Crippen molar-refractivity contribution in [3.63, 3.8) is 0 Å². The molecular weight excluding hydrogens is 343 g/mol. The highest BCUT2D eigenvalue weighted by molar-refractivity contribution is 14.1. The van der Waals surface area contributed by atoms with E-state index in [0.717, 1.165) is 14.8 Å². The fourth-order valence-electron chi connectivity index (χ4n) is 1.38. The number of halogens is 1. The van der Waals surface area contributed by atoms with Gasteiger partial charge in [0, 0.05) is 21.9 Å². The highest BCUT2D eigenvalue weighted by Gasteiger charge is 2.02. The van der Waals surface area contributed by atoms with Gasteiger partial charge in [0.15, 0.2) is 0 Å².